The Labute approximate surface area is 119 Å². The van der Waals surface area contributed by atoms with Crippen molar-refractivity contribution in [1.82, 2.24) is 5.32 Å². The number of rotatable bonds is 5. The Balaban J connectivity index is 2.60. The number of halogens is 2. The van der Waals surface area contributed by atoms with Crippen LogP contribution in [-0.4, -0.2) is 23.0 Å². The molecular weight excluding hydrogens is 317 g/mol. The fraction of sp³-hybridized carbons (Fsp3) is 0.385. The fourth-order valence-corrected chi connectivity index (χ4v) is 1.91. The standard InChI is InChI=1S/C13H15BrFNO3/c1-7(13(18)19)8(2)16-12(17)6-9-3-4-11(15)10(14)5-9/h3-5,7-8H,6H2,1-2H3,(H,16,17)(H,18,19). The lowest BCUT2D eigenvalue weighted by Gasteiger charge is -2.17. The second kappa shape index (κ2) is 6.65. The average molecular weight is 332 g/mol. The zero-order valence-corrected chi connectivity index (χ0v) is 12.2. The smallest absolute Gasteiger partial charge is 0.308 e. The van der Waals surface area contributed by atoms with E-state index in [1.807, 2.05) is 0 Å². The summed E-state index contributed by atoms with van der Waals surface area (Å²) in [6.07, 6.45) is 0.0789. The summed E-state index contributed by atoms with van der Waals surface area (Å²) >= 11 is 3.04. The number of nitrogens with one attached hydrogen (secondary N) is 1. The minimum absolute atomic E-state index is 0.0789. The van der Waals surface area contributed by atoms with Crippen molar-refractivity contribution >= 4 is 27.8 Å². The molecule has 0 radical (unpaired) electrons. The molecule has 0 saturated carbocycles. The van der Waals surface area contributed by atoms with Gasteiger partial charge in [-0.25, -0.2) is 4.39 Å². The topological polar surface area (TPSA) is 66.4 Å². The summed E-state index contributed by atoms with van der Waals surface area (Å²) in [4.78, 5) is 22.5. The van der Waals surface area contributed by atoms with Gasteiger partial charge in [-0.15, -0.1) is 0 Å². The lowest BCUT2D eigenvalue weighted by molar-refractivity contribution is -0.142. The van der Waals surface area contributed by atoms with Crippen LogP contribution in [0, 0.1) is 11.7 Å². The summed E-state index contributed by atoms with van der Waals surface area (Å²) in [7, 11) is 0. The second-order valence-corrected chi connectivity index (χ2v) is 5.26. The molecule has 0 heterocycles. The first-order chi connectivity index (χ1) is 8.81. The van der Waals surface area contributed by atoms with Crippen LogP contribution in [0.25, 0.3) is 0 Å². The molecule has 0 bridgehead atoms. The number of benzene rings is 1. The van der Waals surface area contributed by atoms with Crippen LogP contribution >= 0.6 is 15.9 Å². The Hall–Kier alpha value is -1.43. The van der Waals surface area contributed by atoms with Crippen LogP contribution in [0.4, 0.5) is 4.39 Å². The Morgan fingerprint density at radius 1 is 1.42 bits per heavy atom. The van der Waals surface area contributed by atoms with Gasteiger partial charge in [0.05, 0.1) is 16.8 Å². The zero-order valence-electron chi connectivity index (χ0n) is 10.6. The van der Waals surface area contributed by atoms with Gasteiger partial charge in [0.25, 0.3) is 0 Å². The molecule has 2 N–H and O–H groups in total. The van der Waals surface area contributed by atoms with E-state index in [4.69, 9.17) is 5.11 Å². The molecule has 0 spiro atoms. The number of carboxylic acid groups (broad SMARTS) is 1. The van der Waals surface area contributed by atoms with Gasteiger partial charge < -0.3 is 10.4 Å². The minimum atomic E-state index is -0.961. The van der Waals surface area contributed by atoms with Gasteiger partial charge >= 0.3 is 5.97 Å². The Morgan fingerprint density at radius 2 is 2.05 bits per heavy atom. The van der Waals surface area contributed by atoms with Gasteiger partial charge in [0.1, 0.15) is 5.82 Å². The summed E-state index contributed by atoms with van der Waals surface area (Å²) < 4.78 is 13.3. The number of carbonyl (C=O) groups is 2. The second-order valence-electron chi connectivity index (χ2n) is 4.41. The van der Waals surface area contributed by atoms with E-state index < -0.39 is 23.7 Å². The first kappa shape index (κ1) is 15.6. The van der Waals surface area contributed by atoms with Crippen molar-refractivity contribution in [1.29, 1.82) is 0 Å². The van der Waals surface area contributed by atoms with E-state index in [0.29, 0.717) is 10.0 Å². The SMILES string of the molecule is CC(NC(=O)Cc1ccc(F)c(Br)c1)C(C)C(=O)O. The lowest BCUT2D eigenvalue weighted by atomic mass is 10.0. The molecule has 19 heavy (non-hydrogen) atoms. The highest BCUT2D eigenvalue weighted by Gasteiger charge is 2.20. The van der Waals surface area contributed by atoms with E-state index in [2.05, 4.69) is 21.2 Å². The molecule has 2 unspecified atom stereocenters. The summed E-state index contributed by atoms with van der Waals surface area (Å²) in [5.74, 6) is -2.31. The van der Waals surface area contributed by atoms with Crippen LogP contribution < -0.4 is 5.32 Å². The van der Waals surface area contributed by atoms with Crippen LogP contribution in [0.2, 0.25) is 0 Å². The van der Waals surface area contributed by atoms with Crippen molar-refractivity contribution in [3.63, 3.8) is 0 Å². The largest absolute Gasteiger partial charge is 0.481 e. The van der Waals surface area contributed by atoms with Gasteiger partial charge in [-0.3, -0.25) is 9.59 Å². The van der Waals surface area contributed by atoms with Crippen LogP contribution in [0.15, 0.2) is 22.7 Å². The van der Waals surface area contributed by atoms with Crippen LogP contribution in [0.3, 0.4) is 0 Å². The van der Waals surface area contributed by atoms with Gasteiger partial charge in [0.2, 0.25) is 5.91 Å². The number of hydrogen-bond acceptors (Lipinski definition) is 2. The quantitative estimate of drug-likeness (QED) is 0.870. The first-order valence-electron chi connectivity index (χ1n) is 5.77. The van der Waals surface area contributed by atoms with Gasteiger partial charge in [-0.05, 0) is 47.5 Å². The fourth-order valence-electron chi connectivity index (χ4n) is 1.48. The van der Waals surface area contributed by atoms with Crippen molar-refractivity contribution < 1.29 is 19.1 Å². The summed E-state index contributed by atoms with van der Waals surface area (Å²) in [6.45, 7) is 3.17. The van der Waals surface area contributed by atoms with Gasteiger partial charge in [0.15, 0.2) is 0 Å². The molecule has 6 heteroatoms. The molecule has 1 aromatic carbocycles. The number of carboxylic acids is 1. The van der Waals surface area contributed by atoms with Crippen LogP contribution in [-0.2, 0) is 16.0 Å². The van der Waals surface area contributed by atoms with E-state index in [-0.39, 0.29) is 12.3 Å². The molecule has 1 aromatic rings. The van der Waals surface area contributed by atoms with Crippen molar-refractivity contribution in [2.45, 2.75) is 26.3 Å². The molecule has 0 fully saturated rings. The number of carbonyl (C=O) groups excluding carboxylic acids is 1. The maximum absolute atomic E-state index is 13.0. The van der Waals surface area contributed by atoms with Gasteiger partial charge in [0, 0.05) is 6.04 Å². The van der Waals surface area contributed by atoms with E-state index in [1.54, 1.807) is 6.92 Å². The van der Waals surface area contributed by atoms with Crippen LogP contribution in [0.1, 0.15) is 19.4 Å². The third-order valence-electron chi connectivity index (χ3n) is 2.88. The van der Waals surface area contributed by atoms with Crippen molar-refractivity contribution in [2.24, 2.45) is 5.92 Å². The molecule has 0 aromatic heterocycles. The van der Waals surface area contributed by atoms with E-state index in [1.165, 1.54) is 25.1 Å². The Bertz CT molecular complexity index is 493. The summed E-state index contributed by atoms with van der Waals surface area (Å²) in [5.41, 5.74) is 0.654. The number of amides is 1. The summed E-state index contributed by atoms with van der Waals surface area (Å²) in [5, 5.41) is 11.4. The highest BCUT2D eigenvalue weighted by Crippen LogP contribution is 2.17. The zero-order chi connectivity index (χ0) is 14.6. The number of aliphatic carboxylic acids is 1. The molecule has 1 amide bonds. The van der Waals surface area contributed by atoms with Gasteiger partial charge in [-0.2, -0.15) is 0 Å². The Morgan fingerprint density at radius 3 is 2.58 bits per heavy atom. The lowest BCUT2D eigenvalue weighted by Crippen LogP contribution is -2.40. The maximum atomic E-state index is 13.0. The highest BCUT2D eigenvalue weighted by molar-refractivity contribution is 9.10. The highest BCUT2D eigenvalue weighted by atomic mass is 79.9. The molecular formula is C13H15BrFNO3. The van der Waals surface area contributed by atoms with Crippen molar-refractivity contribution in [2.75, 3.05) is 0 Å². The average Bonchev–Trinajstić information content (AvgIpc) is 2.32. The predicted molar refractivity (Wildman–Crippen MR) is 72.2 cm³/mol. The summed E-state index contributed by atoms with van der Waals surface area (Å²) in [6, 6.07) is 3.86. The maximum Gasteiger partial charge on any atom is 0.308 e. The normalized spacial score (nSPS) is 13.7. The van der Waals surface area contributed by atoms with Crippen molar-refractivity contribution in [3.8, 4) is 0 Å². The van der Waals surface area contributed by atoms with Crippen molar-refractivity contribution in [3.05, 3.63) is 34.1 Å². The molecule has 4 nitrogen and oxygen atoms in total. The van der Waals surface area contributed by atoms with Gasteiger partial charge in [-0.1, -0.05) is 6.07 Å². The monoisotopic (exact) mass is 331 g/mol. The third-order valence-corrected chi connectivity index (χ3v) is 3.48. The Kier molecular flexibility index (Phi) is 5.47. The molecule has 0 saturated heterocycles. The molecule has 0 aliphatic heterocycles. The first-order valence-corrected chi connectivity index (χ1v) is 6.56. The third kappa shape index (κ3) is 4.63. The minimum Gasteiger partial charge on any atom is -0.481 e. The van der Waals surface area contributed by atoms with E-state index in [9.17, 15) is 14.0 Å². The molecule has 1 rings (SSSR count). The molecule has 2 atom stereocenters. The molecule has 0 aliphatic carbocycles. The molecule has 104 valence electrons. The predicted octanol–water partition coefficient (Wildman–Crippen LogP) is 2.36. The van der Waals surface area contributed by atoms with E-state index in [0.717, 1.165) is 0 Å². The number of hydrogen-bond donors (Lipinski definition) is 2. The molecule has 0 aliphatic rings. The van der Waals surface area contributed by atoms with Crippen LogP contribution in [0.5, 0.6) is 0 Å². The van der Waals surface area contributed by atoms with E-state index >= 15 is 0 Å².